The normalized spacial score (nSPS) is 31.7. The van der Waals surface area contributed by atoms with Crippen molar-refractivity contribution in [3.8, 4) is 0 Å². The fourth-order valence-corrected chi connectivity index (χ4v) is 3.16. The van der Waals surface area contributed by atoms with Crippen LogP contribution in [-0.2, 0) is 16.0 Å². The molecule has 2 saturated heterocycles. The smallest absolute Gasteiger partial charge is 0.111 e. The van der Waals surface area contributed by atoms with E-state index in [9.17, 15) is 0 Å². The van der Waals surface area contributed by atoms with Crippen LogP contribution in [0.3, 0.4) is 0 Å². The van der Waals surface area contributed by atoms with Gasteiger partial charge in [0.25, 0.3) is 0 Å². The number of nitrogens with one attached hydrogen (secondary N) is 1. The van der Waals surface area contributed by atoms with Gasteiger partial charge in [-0.1, -0.05) is 0 Å². The fourth-order valence-electron chi connectivity index (χ4n) is 3.16. The summed E-state index contributed by atoms with van der Waals surface area (Å²) in [6.07, 6.45) is 7.40. The van der Waals surface area contributed by atoms with Gasteiger partial charge in [0.2, 0.25) is 0 Å². The first kappa shape index (κ1) is 13.1. The summed E-state index contributed by atoms with van der Waals surface area (Å²) in [6, 6.07) is 0. The second kappa shape index (κ2) is 5.61. The van der Waals surface area contributed by atoms with Crippen molar-refractivity contribution in [1.82, 2.24) is 14.9 Å². The molecule has 106 valence electrons. The van der Waals surface area contributed by atoms with Crippen LogP contribution in [0.15, 0.2) is 12.5 Å². The largest absolute Gasteiger partial charge is 0.378 e. The number of piperidine rings is 1. The number of hydrogen-bond donors (Lipinski definition) is 1. The molecule has 19 heavy (non-hydrogen) atoms. The van der Waals surface area contributed by atoms with Gasteiger partial charge >= 0.3 is 0 Å². The molecule has 0 aliphatic carbocycles. The van der Waals surface area contributed by atoms with Gasteiger partial charge in [-0.15, -0.1) is 0 Å². The number of rotatable bonds is 4. The number of hydrogen-bond acceptors (Lipinski definition) is 4. The van der Waals surface area contributed by atoms with Crippen LogP contribution in [0, 0.1) is 0 Å². The SMILES string of the molecule is COC1(Cn2cncc2C2CCCNC2)CCOC1. The monoisotopic (exact) mass is 265 g/mol. The molecule has 2 atom stereocenters. The zero-order valence-electron chi connectivity index (χ0n) is 11.6. The quantitative estimate of drug-likeness (QED) is 0.887. The van der Waals surface area contributed by atoms with Crippen LogP contribution in [-0.4, -0.2) is 48.6 Å². The molecule has 0 amide bonds. The van der Waals surface area contributed by atoms with Gasteiger partial charge in [-0.05, 0) is 19.4 Å². The van der Waals surface area contributed by atoms with Crippen molar-refractivity contribution < 1.29 is 9.47 Å². The van der Waals surface area contributed by atoms with Gasteiger partial charge in [-0.2, -0.15) is 0 Å². The van der Waals surface area contributed by atoms with Crippen LogP contribution in [0.4, 0.5) is 0 Å². The van der Waals surface area contributed by atoms with Gasteiger partial charge in [0.05, 0.1) is 19.5 Å². The highest BCUT2D eigenvalue weighted by molar-refractivity contribution is 5.09. The van der Waals surface area contributed by atoms with E-state index in [0.29, 0.717) is 12.5 Å². The Morgan fingerprint density at radius 1 is 1.63 bits per heavy atom. The molecule has 5 nitrogen and oxygen atoms in total. The summed E-state index contributed by atoms with van der Waals surface area (Å²) in [5.74, 6) is 0.576. The number of methoxy groups -OCH3 is 1. The van der Waals surface area contributed by atoms with E-state index in [1.54, 1.807) is 7.11 Å². The lowest BCUT2D eigenvalue weighted by Gasteiger charge is -2.29. The number of nitrogens with zero attached hydrogens (tertiary/aromatic N) is 2. The topological polar surface area (TPSA) is 48.3 Å². The van der Waals surface area contributed by atoms with Crippen molar-refractivity contribution in [3.63, 3.8) is 0 Å². The Balaban J connectivity index is 1.75. The molecule has 0 spiro atoms. The highest BCUT2D eigenvalue weighted by atomic mass is 16.5. The van der Waals surface area contributed by atoms with E-state index in [1.807, 2.05) is 12.5 Å². The van der Waals surface area contributed by atoms with Crippen LogP contribution in [0.1, 0.15) is 30.9 Å². The Bertz CT molecular complexity index is 407. The van der Waals surface area contributed by atoms with Crippen molar-refractivity contribution in [1.29, 1.82) is 0 Å². The van der Waals surface area contributed by atoms with Crippen molar-refractivity contribution in [2.24, 2.45) is 0 Å². The van der Waals surface area contributed by atoms with Crippen LogP contribution < -0.4 is 5.32 Å². The van der Waals surface area contributed by atoms with Crippen molar-refractivity contribution >= 4 is 0 Å². The molecule has 2 fully saturated rings. The summed E-state index contributed by atoms with van der Waals surface area (Å²) in [4.78, 5) is 4.34. The summed E-state index contributed by atoms with van der Waals surface area (Å²) < 4.78 is 13.5. The summed E-state index contributed by atoms with van der Waals surface area (Å²) in [5.41, 5.74) is 1.16. The molecule has 1 aromatic heterocycles. The molecule has 2 unspecified atom stereocenters. The third kappa shape index (κ3) is 2.68. The van der Waals surface area contributed by atoms with Crippen molar-refractivity contribution in [2.45, 2.75) is 37.3 Å². The van der Waals surface area contributed by atoms with Crippen LogP contribution >= 0.6 is 0 Å². The molecule has 3 rings (SSSR count). The third-order valence-electron chi connectivity index (χ3n) is 4.42. The van der Waals surface area contributed by atoms with E-state index in [-0.39, 0.29) is 5.60 Å². The molecule has 2 aliphatic rings. The third-order valence-corrected chi connectivity index (χ3v) is 4.42. The standard InChI is InChI=1S/C14H23N3O2/c1-18-14(4-6-19-10-14)9-17-11-16-8-13(17)12-3-2-5-15-7-12/h8,11-12,15H,2-7,9-10H2,1H3. The summed E-state index contributed by atoms with van der Waals surface area (Å²) in [5, 5.41) is 3.47. The fraction of sp³-hybridized carbons (Fsp3) is 0.786. The maximum Gasteiger partial charge on any atom is 0.111 e. The van der Waals surface area contributed by atoms with Crippen LogP contribution in [0.25, 0.3) is 0 Å². The van der Waals surface area contributed by atoms with Crippen LogP contribution in [0.5, 0.6) is 0 Å². The predicted octanol–water partition coefficient (Wildman–Crippen LogP) is 1.16. The Kier molecular flexibility index (Phi) is 3.86. The minimum Gasteiger partial charge on any atom is -0.378 e. The van der Waals surface area contributed by atoms with E-state index >= 15 is 0 Å². The first-order chi connectivity index (χ1) is 9.33. The Labute approximate surface area is 114 Å². The van der Waals surface area contributed by atoms with Gasteiger partial charge in [0.15, 0.2) is 0 Å². The molecule has 2 aliphatic heterocycles. The molecular weight excluding hydrogens is 242 g/mol. The second-order valence-electron chi connectivity index (χ2n) is 5.68. The van der Waals surface area contributed by atoms with E-state index in [1.165, 1.54) is 18.5 Å². The van der Waals surface area contributed by atoms with Crippen LogP contribution in [0.2, 0.25) is 0 Å². The first-order valence-electron chi connectivity index (χ1n) is 7.17. The zero-order chi connectivity index (χ0) is 13.1. The molecule has 0 saturated carbocycles. The van der Waals surface area contributed by atoms with Gasteiger partial charge in [0, 0.05) is 44.5 Å². The van der Waals surface area contributed by atoms with E-state index in [2.05, 4.69) is 14.9 Å². The lowest BCUT2D eigenvalue weighted by atomic mass is 9.95. The maximum atomic E-state index is 5.73. The molecular formula is C14H23N3O2. The highest BCUT2D eigenvalue weighted by Crippen LogP contribution is 2.28. The van der Waals surface area contributed by atoms with E-state index in [4.69, 9.17) is 9.47 Å². The van der Waals surface area contributed by atoms with Gasteiger partial charge in [-0.3, -0.25) is 0 Å². The van der Waals surface area contributed by atoms with Crippen molar-refractivity contribution in [2.75, 3.05) is 33.4 Å². The first-order valence-corrected chi connectivity index (χ1v) is 7.17. The lowest BCUT2D eigenvalue weighted by molar-refractivity contribution is -0.0301. The number of imidazole rings is 1. The lowest BCUT2D eigenvalue weighted by Crippen LogP contribution is -2.38. The van der Waals surface area contributed by atoms with Gasteiger partial charge < -0.3 is 19.4 Å². The van der Waals surface area contributed by atoms with Gasteiger partial charge in [-0.25, -0.2) is 4.98 Å². The zero-order valence-corrected chi connectivity index (χ0v) is 11.6. The molecule has 3 heterocycles. The molecule has 1 aromatic rings. The number of ether oxygens (including phenoxy) is 2. The second-order valence-corrected chi connectivity index (χ2v) is 5.68. The summed E-state index contributed by atoms with van der Waals surface area (Å²) >= 11 is 0. The summed E-state index contributed by atoms with van der Waals surface area (Å²) in [6.45, 7) is 4.52. The van der Waals surface area contributed by atoms with E-state index < -0.39 is 0 Å². The summed E-state index contributed by atoms with van der Waals surface area (Å²) in [7, 11) is 1.79. The minimum absolute atomic E-state index is 0.169. The molecule has 1 N–H and O–H groups in total. The Morgan fingerprint density at radius 2 is 2.58 bits per heavy atom. The van der Waals surface area contributed by atoms with E-state index in [0.717, 1.165) is 32.7 Å². The maximum absolute atomic E-state index is 5.73. The minimum atomic E-state index is -0.169. The average Bonchev–Trinajstić information content (AvgIpc) is 3.10. The van der Waals surface area contributed by atoms with Crippen molar-refractivity contribution in [3.05, 3.63) is 18.2 Å². The van der Waals surface area contributed by atoms with Gasteiger partial charge in [0.1, 0.15) is 5.60 Å². The average molecular weight is 265 g/mol. The Hall–Kier alpha value is -0.910. The molecule has 5 heteroatoms. The molecule has 0 aromatic carbocycles. The molecule has 0 bridgehead atoms. The Morgan fingerprint density at radius 3 is 3.26 bits per heavy atom. The highest BCUT2D eigenvalue weighted by Gasteiger charge is 2.36. The number of aromatic nitrogens is 2. The predicted molar refractivity (Wildman–Crippen MR) is 72.2 cm³/mol. The molecule has 0 radical (unpaired) electrons.